The molecule has 0 spiro atoms. The maximum Gasteiger partial charge on any atom is 0.255 e. The van der Waals surface area contributed by atoms with Crippen molar-refractivity contribution in [3.63, 3.8) is 0 Å². The van der Waals surface area contributed by atoms with E-state index in [1.165, 1.54) is 0 Å². The first-order chi connectivity index (χ1) is 25.8. The zero-order chi connectivity index (χ0) is 38.4. The molecule has 6 rings (SSSR count). The van der Waals surface area contributed by atoms with Gasteiger partial charge in [-0.25, -0.2) is 9.97 Å². The van der Waals surface area contributed by atoms with Gasteiger partial charge in [0.2, 0.25) is 17.7 Å². The van der Waals surface area contributed by atoms with Crippen LogP contribution >= 0.6 is 0 Å². The standard InChI is InChI=1S/C40H55N9O5/c1-24-19-29(50)23-49(24)39(54)36(40(2,3)4)48-35(51)7-5-6-17-42-37(52)25-8-11-28(12-9-25)45-38(53)30-22-43-34(20-32(30)44-27-13-14-27)47-33-15-10-26-21-41-18-16-31(26)46-33/h10,15-16,18,20-22,24-25,27-29,36,50H,5-9,11-14,17,19,23H2,1-4H3,(H,42,52)(H,45,53)(H,48,51)(H2,43,44,46,47)/t24-,25-,28-,29-,36+/m1/s1. The highest BCUT2D eigenvalue weighted by molar-refractivity contribution is 6.00. The summed E-state index contributed by atoms with van der Waals surface area (Å²) in [4.78, 5) is 67.5. The second kappa shape index (κ2) is 17.1. The molecule has 3 aromatic heterocycles. The highest BCUT2D eigenvalue weighted by Crippen LogP contribution is 2.31. The van der Waals surface area contributed by atoms with E-state index in [0.29, 0.717) is 74.7 Å². The number of nitrogens with one attached hydrogen (secondary N) is 5. The van der Waals surface area contributed by atoms with E-state index in [9.17, 15) is 24.3 Å². The third-order valence-corrected chi connectivity index (χ3v) is 10.6. The first kappa shape index (κ1) is 38.9. The van der Waals surface area contributed by atoms with Crippen LogP contribution in [0.15, 0.2) is 42.9 Å². The Morgan fingerprint density at radius 1 is 0.963 bits per heavy atom. The molecule has 3 atom stereocenters. The maximum absolute atomic E-state index is 13.5. The summed E-state index contributed by atoms with van der Waals surface area (Å²) >= 11 is 0. The largest absolute Gasteiger partial charge is 0.391 e. The number of nitrogens with zero attached hydrogens (tertiary/aromatic N) is 4. The zero-order valence-corrected chi connectivity index (χ0v) is 31.9. The Labute approximate surface area is 317 Å². The Kier molecular flexibility index (Phi) is 12.3. The quantitative estimate of drug-likeness (QED) is 0.129. The van der Waals surface area contributed by atoms with Gasteiger partial charge in [0.15, 0.2) is 0 Å². The molecule has 0 radical (unpaired) electrons. The highest BCUT2D eigenvalue weighted by atomic mass is 16.3. The number of carbonyl (C=O) groups is 4. The third-order valence-electron chi connectivity index (χ3n) is 10.6. The Hall–Kier alpha value is -4.85. The summed E-state index contributed by atoms with van der Waals surface area (Å²) in [7, 11) is 0. The Bertz CT molecular complexity index is 1820. The number of fused-ring (bicyclic) bond motifs is 1. The lowest BCUT2D eigenvalue weighted by Gasteiger charge is -2.35. The van der Waals surface area contributed by atoms with Gasteiger partial charge in [0.1, 0.15) is 17.7 Å². The summed E-state index contributed by atoms with van der Waals surface area (Å²) in [5, 5.41) is 26.8. The molecule has 290 valence electrons. The number of hydrogen-bond donors (Lipinski definition) is 6. The number of amides is 4. The average Bonchev–Trinajstić information content (AvgIpc) is 3.89. The van der Waals surface area contributed by atoms with Crippen molar-refractivity contribution in [2.75, 3.05) is 23.7 Å². The molecule has 54 heavy (non-hydrogen) atoms. The molecule has 1 saturated heterocycles. The summed E-state index contributed by atoms with van der Waals surface area (Å²) in [6.45, 7) is 8.44. The van der Waals surface area contributed by atoms with Crippen molar-refractivity contribution >= 4 is 51.9 Å². The number of β-amino-alcohol motifs (C(OH)–C–C–N with tert-alkyl or cyclic N) is 1. The minimum absolute atomic E-state index is 0.00493. The number of aliphatic hydroxyl groups excluding tert-OH is 1. The van der Waals surface area contributed by atoms with Gasteiger partial charge in [-0.3, -0.25) is 24.2 Å². The van der Waals surface area contributed by atoms with Crippen LogP contribution in [-0.2, 0) is 14.4 Å². The van der Waals surface area contributed by atoms with Crippen molar-refractivity contribution in [1.29, 1.82) is 0 Å². The number of likely N-dealkylation sites (tertiary alicyclic amines) is 1. The van der Waals surface area contributed by atoms with Crippen molar-refractivity contribution < 1.29 is 24.3 Å². The summed E-state index contributed by atoms with van der Waals surface area (Å²) in [5.41, 5.74) is 1.55. The molecule has 1 aliphatic heterocycles. The monoisotopic (exact) mass is 741 g/mol. The molecular formula is C40H55N9O5. The van der Waals surface area contributed by atoms with E-state index in [-0.39, 0.29) is 54.6 Å². The van der Waals surface area contributed by atoms with Gasteiger partial charge in [-0.15, -0.1) is 0 Å². The van der Waals surface area contributed by atoms with Crippen LogP contribution in [0.2, 0.25) is 0 Å². The van der Waals surface area contributed by atoms with Crippen LogP contribution in [0.5, 0.6) is 0 Å². The lowest BCUT2D eigenvalue weighted by Crippen LogP contribution is -2.55. The van der Waals surface area contributed by atoms with Gasteiger partial charge in [0, 0.05) is 73.6 Å². The van der Waals surface area contributed by atoms with Crippen molar-refractivity contribution in [2.45, 2.75) is 122 Å². The van der Waals surface area contributed by atoms with Gasteiger partial charge in [-0.1, -0.05) is 20.8 Å². The molecular weight excluding hydrogens is 686 g/mol. The summed E-state index contributed by atoms with van der Waals surface area (Å²) in [6, 6.07) is 7.07. The third kappa shape index (κ3) is 10.2. The van der Waals surface area contributed by atoms with E-state index in [0.717, 1.165) is 29.4 Å². The minimum Gasteiger partial charge on any atom is -0.391 e. The fourth-order valence-corrected chi connectivity index (χ4v) is 7.32. The normalized spacial score (nSPS) is 22.0. The van der Waals surface area contributed by atoms with Gasteiger partial charge < -0.3 is 36.6 Å². The van der Waals surface area contributed by atoms with E-state index in [1.54, 1.807) is 23.5 Å². The van der Waals surface area contributed by atoms with E-state index < -0.39 is 17.6 Å². The molecule has 0 unspecified atom stereocenters. The summed E-state index contributed by atoms with van der Waals surface area (Å²) in [5.74, 6) is 0.571. The highest BCUT2D eigenvalue weighted by Gasteiger charge is 2.40. The van der Waals surface area contributed by atoms with Crippen molar-refractivity contribution in [1.82, 2.24) is 35.8 Å². The molecule has 14 heteroatoms. The van der Waals surface area contributed by atoms with E-state index >= 15 is 0 Å². The van der Waals surface area contributed by atoms with Gasteiger partial charge in [-0.05, 0) is 88.3 Å². The fourth-order valence-electron chi connectivity index (χ4n) is 7.32. The Balaban J connectivity index is 0.915. The van der Waals surface area contributed by atoms with Gasteiger partial charge in [-0.2, -0.15) is 0 Å². The first-order valence-electron chi connectivity index (χ1n) is 19.4. The average molecular weight is 742 g/mol. The molecule has 0 bridgehead atoms. The van der Waals surface area contributed by atoms with Gasteiger partial charge in [0.25, 0.3) is 5.91 Å². The molecule has 0 aromatic carbocycles. The lowest BCUT2D eigenvalue weighted by molar-refractivity contribution is -0.140. The molecule has 2 saturated carbocycles. The lowest BCUT2D eigenvalue weighted by atomic mass is 9.85. The number of hydrogen-bond acceptors (Lipinski definition) is 10. The summed E-state index contributed by atoms with van der Waals surface area (Å²) < 4.78 is 0. The fraction of sp³-hybridized carbons (Fsp3) is 0.575. The zero-order valence-electron chi connectivity index (χ0n) is 31.9. The SMILES string of the molecule is C[C@@H]1C[C@@H](O)CN1C(=O)[C@H](NC(=O)CCCCNC(=O)[C@H]1CC[C@H](NC(=O)c2cnc(Nc3ccc4cnccc4n3)cc2NC2CC2)CC1)C(C)(C)C. The molecule has 14 nitrogen and oxygen atoms in total. The molecule has 6 N–H and O–H groups in total. The number of aliphatic hydroxyl groups is 1. The molecule has 3 aliphatic rings. The van der Waals surface area contributed by atoms with Crippen molar-refractivity contribution in [2.24, 2.45) is 11.3 Å². The van der Waals surface area contributed by atoms with E-state index in [4.69, 9.17) is 0 Å². The number of anilines is 3. The molecule has 2 aliphatic carbocycles. The molecule has 4 heterocycles. The summed E-state index contributed by atoms with van der Waals surface area (Å²) in [6.07, 6.45) is 11.4. The van der Waals surface area contributed by atoms with Crippen LogP contribution in [0, 0.1) is 11.3 Å². The number of carbonyl (C=O) groups excluding carboxylic acids is 4. The van der Waals surface area contributed by atoms with Crippen LogP contribution < -0.4 is 26.6 Å². The van der Waals surface area contributed by atoms with Crippen molar-refractivity contribution in [3.05, 3.63) is 48.4 Å². The number of aromatic nitrogens is 3. The molecule has 4 amide bonds. The van der Waals surface area contributed by atoms with E-state index in [1.807, 2.05) is 52.0 Å². The van der Waals surface area contributed by atoms with E-state index in [2.05, 4.69) is 41.5 Å². The van der Waals surface area contributed by atoms with Gasteiger partial charge in [0.05, 0.1) is 22.9 Å². The number of pyridine rings is 3. The second-order valence-corrected chi connectivity index (χ2v) is 16.3. The van der Waals surface area contributed by atoms with Crippen LogP contribution in [0.25, 0.3) is 10.9 Å². The molecule has 3 aromatic rings. The minimum atomic E-state index is -0.684. The maximum atomic E-state index is 13.5. The second-order valence-electron chi connectivity index (χ2n) is 16.3. The Morgan fingerprint density at radius 3 is 2.43 bits per heavy atom. The predicted molar refractivity (Wildman–Crippen MR) is 207 cm³/mol. The number of rotatable bonds is 14. The van der Waals surface area contributed by atoms with Crippen LogP contribution in [0.3, 0.4) is 0 Å². The predicted octanol–water partition coefficient (Wildman–Crippen LogP) is 4.43. The van der Waals surface area contributed by atoms with Gasteiger partial charge >= 0.3 is 0 Å². The van der Waals surface area contributed by atoms with Crippen LogP contribution in [0.1, 0.15) is 102 Å². The van der Waals surface area contributed by atoms with Crippen LogP contribution in [-0.4, -0.2) is 91.9 Å². The number of unbranched alkanes of at least 4 members (excludes halogenated alkanes) is 1. The Morgan fingerprint density at radius 2 is 1.72 bits per heavy atom. The van der Waals surface area contributed by atoms with Crippen LogP contribution in [0.4, 0.5) is 17.3 Å². The molecule has 3 fully saturated rings. The topological polar surface area (TPSA) is 191 Å². The first-order valence-corrected chi connectivity index (χ1v) is 19.4. The smallest absolute Gasteiger partial charge is 0.255 e. The van der Waals surface area contributed by atoms with Crippen molar-refractivity contribution in [3.8, 4) is 0 Å².